The molecule has 6 heteroatoms. The highest BCUT2D eigenvalue weighted by Crippen LogP contribution is 2.36. The second-order valence-corrected chi connectivity index (χ2v) is 4.93. The Morgan fingerprint density at radius 1 is 1.00 bits per heavy atom. The van der Waals surface area contributed by atoms with E-state index >= 15 is 0 Å². The molecule has 0 amide bonds. The number of fused-ring (bicyclic) bond motifs is 1. The van der Waals surface area contributed by atoms with E-state index < -0.39 is 5.97 Å². The van der Waals surface area contributed by atoms with Crippen LogP contribution in [-0.2, 0) is 4.74 Å². The van der Waals surface area contributed by atoms with Crippen LogP contribution in [0.5, 0.6) is 23.1 Å². The molecule has 0 saturated heterocycles. The molecule has 2 aromatic carbocycles. The zero-order valence-corrected chi connectivity index (χ0v) is 13.1. The van der Waals surface area contributed by atoms with Crippen LogP contribution < -0.4 is 9.47 Å². The van der Waals surface area contributed by atoms with Crippen molar-refractivity contribution in [1.29, 1.82) is 0 Å². The molecule has 6 nitrogen and oxygen atoms in total. The quantitative estimate of drug-likeness (QED) is 0.739. The van der Waals surface area contributed by atoms with Gasteiger partial charge in [0.25, 0.3) is 0 Å². The van der Waals surface area contributed by atoms with Crippen LogP contribution in [0.1, 0.15) is 10.5 Å². The highest BCUT2D eigenvalue weighted by molar-refractivity contribution is 6.01. The Kier molecular flexibility index (Phi) is 4.20. The van der Waals surface area contributed by atoms with Crippen LogP contribution in [0.2, 0.25) is 0 Å². The highest BCUT2D eigenvalue weighted by Gasteiger charge is 2.20. The molecule has 0 aliphatic rings. The minimum Gasteiger partial charge on any atom is -0.505 e. The topological polar surface area (TPSA) is 77.9 Å². The molecule has 0 unspecified atom stereocenters. The first-order valence-electron chi connectivity index (χ1n) is 7.16. The number of aromatic nitrogens is 1. The minimum absolute atomic E-state index is 0.196. The summed E-state index contributed by atoms with van der Waals surface area (Å²) >= 11 is 0. The normalized spacial score (nSPS) is 10.4. The first kappa shape index (κ1) is 15.6. The molecule has 122 valence electrons. The number of pyridine rings is 1. The van der Waals surface area contributed by atoms with E-state index in [1.165, 1.54) is 14.2 Å². The molecule has 0 atom stereocenters. The predicted octanol–water partition coefficient (Wildman–Crippen LogP) is 3.53. The third kappa shape index (κ3) is 2.81. The highest BCUT2D eigenvalue weighted by atomic mass is 16.5. The van der Waals surface area contributed by atoms with Crippen molar-refractivity contribution in [3.63, 3.8) is 0 Å². The SMILES string of the molecule is COC(=O)c1nc(OC)c2cc(Oc3ccccc3)ccc2c1O. The Morgan fingerprint density at radius 3 is 2.42 bits per heavy atom. The van der Waals surface area contributed by atoms with Gasteiger partial charge in [-0.05, 0) is 30.3 Å². The summed E-state index contributed by atoms with van der Waals surface area (Å²) in [5.41, 5.74) is -0.196. The van der Waals surface area contributed by atoms with Crippen LogP contribution in [0.15, 0.2) is 48.5 Å². The third-order valence-corrected chi connectivity index (χ3v) is 3.47. The molecule has 1 N–H and O–H groups in total. The van der Waals surface area contributed by atoms with Gasteiger partial charge in [-0.2, -0.15) is 0 Å². The fraction of sp³-hybridized carbons (Fsp3) is 0.111. The zero-order chi connectivity index (χ0) is 17.1. The van der Waals surface area contributed by atoms with Gasteiger partial charge < -0.3 is 19.3 Å². The van der Waals surface area contributed by atoms with Crippen molar-refractivity contribution >= 4 is 16.7 Å². The largest absolute Gasteiger partial charge is 0.505 e. The Morgan fingerprint density at radius 2 is 1.75 bits per heavy atom. The number of esters is 1. The lowest BCUT2D eigenvalue weighted by Crippen LogP contribution is -2.06. The number of hydrogen-bond donors (Lipinski definition) is 1. The number of para-hydroxylation sites is 1. The van der Waals surface area contributed by atoms with Gasteiger partial charge in [-0.1, -0.05) is 18.2 Å². The second kappa shape index (κ2) is 6.45. The molecule has 24 heavy (non-hydrogen) atoms. The average Bonchev–Trinajstić information content (AvgIpc) is 2.62. The van der Waals surface area contributed by atoms with Crippen molar-refractivity contribution in [1.82, 2.24) is 4.98 Å². The van der Waals surface area contributed by atoms with Crippen molar-refractivity contribution in [3.05, 3.63) is 54.2 Å². The van der Waals surface area contributed by atoms with Gasteiger partial charge in [-0.25, -0.2) is 9.78 Å². The molecule has 3 rings (SSSR count). The monoisotopic (exact) mass is 325 g/mol. The van der Waals surface area contributed by atoms with Crippen LogP contribution in [0.25, 0.3) is 10.8 Å². The van der Waals surface area contributed by atoms with E-state index in [1.54, 1.807) is 18.2 Å². The summed E-state index contributed by atoms with van der Waals surface area (Å²) in [6, 6.07) is 14.3. The molecule has 3 aromatic rings. The maximum Gasteiger partial charge on any atom is 0.360 e. The Bertz CT molecular complexity index is 893. The number of nitrogens with zero attached hydrogens (tertiary/aromatic N) is 1. The predicted molar refractivity (Wildman–Crippen MR) is 87.8 cm³/mol. The fourth-order valence-electron chi connectivity index (χ4n) is 2.33. The third-order valence-electron chi connectivity index (χ3n) is 3.47. The summed E-state index contributed by atoms with van der Waals surface area (Å²) < 4.78 is 15.6. The van der Waals surface area contributed by atoms with E-state index in [0.717, 1.165) is 0 Å². The number of aromatic hydroxyl groups is 1. The van der Waals surface area contributed by atoms with Crippen molar-refractivity contribution in [2.45, 2.75) is 0 Å². The average molecular weight is 325 g/mol. The van der Waals surface area contributed by atoms with E-state index in [0.29, 0.717) is 22.3 Å². The van der Waals surface area contributed by atoms with Crippen LogP contribution in [0.3, 0.4) is 0 Å². The number of methoxy groups -OCH3 is 2. The summed E-state index contributed by atoms with van der Waals surface area (Å²) in [6.45, 7) is 0. The van der Waals surface area contributed by atoms with Gasteiger partial charge in [-0.15, -0.1) is 0 Å². The van der Waals surface area contributed by atoms with E-state index in [1.807, 2.05) is 30.3 Å². The number of ether oxygens (including phenoxy) is 3. The Labute approximate surface area is 138 Å². The number of carbonyl (C=O) groups excluding carboxylic acids is 1. The second-order valence-electron chi connectivity index (χ2n) is 4.93. The van der Waals surface area contributed by atoms with E-state index in [2.05, 4.69) is 9.72 Å². The van der Waals surface area contributed by atoms with Gasteiger partial charge in [0, 0.05) is 5.39 Å². The van der Waals surface area contributed by atoms with Crippen LogP contribution in [-0.4, -0.2) is 30.3 Å². The van der Waals surface area contributed by atoms with E-state index in [-0.39, 0.29) is 17.3 Å². The van der Waals surface area contributed by atoms with Crippen molar-refractivity contribution in [3.8, 4) is 23.1 Å². The van der Waals surface area contributed by atoms with Crippen LogP contribution in [0, 0.1) is 0 Å². The van der Waals surface area contributed by atoms with Gasteiger partial charge >= 0.3 is 5.97 Å². The van der Waals surface area contributed by atoms with Crippen molar-refractivity contribution < 1.29 is 24.1 Å². The van der Waals surface area contributed by atoms with Crippen molar-refractivity contribution in [2.24, 2.45) is 0 Å². The Balaban J connectivity index is 2.11. The first-order valence-corrected chi connectivity index (χ1v) is 7.16. The molecule has 0 aliphatic carbocycles. The number of carbonyl (C=O) groups is 1. The minimum atomic E-state index is -0.739. The first-order chi connectivity index (χ1) is 11.6. The zero-order valence-electron chi connectivity index (χ0n) is 13.1. The van der Waals surface area contributed by atoms with E-state index in [4.69, 9.17) is 9.47 Å². The smallest absolute Gasteiger partial charge is 0.360 e. The summed E-state index contributed by atoms with van der Waals surface area (Å²) in [7, 11) is 2.65. The number of benzene rings is 2. The summed E-state index contributed by atoms with van der Waals surface area (Å²) in [5, 5.41) is 11.2. The lowest BCUT2D eigenvalue weighted by atomic mass is 10.1. The van der Waals surface area contributed by atoms with Crippen LogP contribution in [0.4, 0.5) is 0 Å². The van der Waals surface area contributed by atoms with Gasteiger partial charge in [-0.3, -0.25) is 0 Å². The van der Waals surface area contributed by atoms with Crippen molar-refractivity contribution in [2.75, 3.05) is 14.2 Å². The molecule has 0 fully saturated rings. The van der Waals surface area contributed by atoms with E-state index in [9.17, 15) is 9.90 Å². The lowest BCUT2D eigenvalue weighted by Gasteiger charge is -2.12. The van der Waals surface area contributed by atoms with Crippen LogP contribution >= 0.6 is 0 Å². The van der Waals surface area contributed by atoms with Gasteiger partial charge in [0.1, 0.15) is 11.5 Å². The molecule has 0 radical (unpaired) electrons. The number of hydrogen-bond acceptors (Lipinski definition) is 6. The lowest BCUT2D eigenvalue weighted by molar-refractivity contribution is 0.0590. The fourth-order valence-corrected chi connectivity index (χ4v) is 2.33. The molecule has 1 heterocycles. The summed E-state index contributed by atoms with van der Waals surface area (Å²) in [4.78, 5) is 15.8. The maximum absolute atomic E-state index is 11.7. The molecule has 0 bridgehead atoms. The molecule has 0 aliphatic heterocycles. The molecular weight excluding hydrogens is 310 g/mol. The maximum atomic E-state index is 11.7. The molecule has 0 spiro atoms. The molecular formula is C18H15NO5. The molecule has 1 aromatic heterocycles. The molecule has 0 saturated carbocycles. The Hall–Kier alpha value is -3.28. The van der Waals surface area contributed by atoms with Gasteiger partial charge in [0.05, 0.1) is 19.6 Å². The summed E-state index contributed by atoms with van der Waals surface area (Å²) in [5.74, 6) is 0.432. The van der Waals surface area contributed by atoms with Gasteiger partial charge in [0.15, 0.2) is 11.4 Å². The van der Waals surface area contributed by atoms with Gasteiger partial charge in [0.2, 0.25) is 5.88 Å². The number of rotatable bonds is 4. The summed E-state index contributed by atoms with van der Waals surface area (Å²) in [6.07, 6.45) is 0. The standard InChI is InChI=1S/C18H15NO5/c1-22-17-14-10-12(24-11-6-4-3-5-7-11)8-9-13(14)16(20)15(19-17)18(21)23-2/h3-10,20H,1-2H3.